The maximum absolute atomic E-state index is 12.2. The third-order valence-electron chi connectivity index (χ3n) is 2.61. The van der Waals surface area contributed by atoms with Crippen LogP contribution in [0.15, 0.2) is 45.3 Å². The second kappa shape index (κ2) is 6.07. The molecule has 0 spiro atoms. The highest BCUT2D eigenvalue weighted by molar-refractivity contribution is 9.10. The van der Waals surface area contributed by atoms with Gasteiger partial charge in [0.15, 0.2) is 0 Å². The zero-order valence-electron chi connectivity index (χ0n) is 10.2. The van der Waals surface area contributed by atoms with Crippen LogP contribution in [-0.4, -0.2) is 5.91 Å². The number of carbonyl (C=O) groups excluding carboxylic acids is 1. The second-order valence-corrected chi connectivity index (χ2v) is 5.82. The fraction of sp³-hybridized carbons (Fsp3) is 0. The van der Waals surface area contributed by atoms with Gasteiger partial charge in [0.1, 0.15) is 6.07 Å². The van der Waals surface area contributed by atoms with Gasteiger partial charge in [-0.3, -0.25) is 4.79 Å². The van der Waals surface area contributed by atoms with Crippen molar-refractivity contribution in [3.05, 3.63) is 56.5 Å². The highest BCUT2D eigenvalue weighted by atomic mass is 79.9. The van der Waals surface area contributed by atoms with Crippen LogP contribution in [0, 0.1) is 11.3 Å². The molecule has 2 aromatic carbocycles. The summed E-state index contributed by atoms with van der Waals surface area (Å²) in [6.45, 7) is 0. The van der Waals surface area contributed by atoms with Crippen LogP contribution in [0.25, 0.3) is 0 Å². The molecule has 0 aromatic heterocycles. The zero-order valence-corrected chi connectivity index (χ0v) is 13.3. The summed E-state index contributed by atoms with van der Waals surface area (Å²) in [6.07, 6.45) is 0. The van der Waals surface area contributed by atoms with E-state index in [-0.39, 0.29) is 5.91 Å². The molecule has 2 aromatic rings. The average molecular weight is 395 g/mol. The highest BCUT2D eigenvalue weighted by Gasteiger charge is 2.12. The van der Waals surface area contributed by atoms with Crippen LogP contribution in [0.2, 0.25) is 0 Å². The van der Waals surface area contributed by atoms with E-state index in [1.54, 1.807) is 36.4 Å². The number of amides is 1. The Hall–Kier alpha value is -1.84. The first-order valence-corrected chi connectivity index (χ1v) is 7.16. The van der Waals surface area contributed by atoms with Gasteiger partial charge in [0.05, 0.1) is 16.8 Å². The molecule has 100 valence electrons. The minimum Gasteiger partial charge on any atom is -0.398 e. The monoisotopic (exact) mass is 393 g/mol. The van der Waals surface area contributed by atoms with Crippen LogP contribution in [-0.2, 0) is 0 Å². The number of rotatable bonds is 2. The van der Waals surface area contributed by atoms with Crippen molar-refractivity contribution < 1.29 is 4.79 Å². The molecule has 4 nitrogen and oxygen atoms in total. The maximum atomic E-state index is 12.2. The average Bonchev–Trinajstić information content (AvgIpc) is 2.38. The number of benzene rings is 2. The summed E-state index contributed by atoms with van der Waals surface area (Å²) in [5.41, 5.74) is 7.36. The Morgan fingerprint density at radius 2 is 1.80 bits per heavy atom. The van der Waals surface area contributed by atoms with Gasteiger partial charge in [-0.2, -0.15) is 5.26 Å². The van der Waals surface area contributed by atoms with E-state index in [0.29, 0.717) is 22.5 Å². The van der Waals surface area contributed by atoms with E-state index in [9.17, 15) is 4.79 Å². The van der Waals surface area contributed by atoms with Crippen LogP contribution in [0.4, 0.5) is 11.4 Å². The molecule has 2 rings (SSSR count). The first kappa shape index (κ1) is 14.6. The van der Waals surface area contributed by atoms with Crippen LogP contribution in [0.5, 0.6) is 0 Å². The largest absolute Gasteiger partial charge is 0.398 e. The molecule has 0 saturated carbocycles. The first-order valence-electron chi connectivity index (χ1n) is 5.57. The van der Waals surface area contributed by atoms with E-state index in [2.05, 4.69) is 37.2 Å². The summed E-state index contributed by atoms with van der Waals surface area (Å²) >= 11 is 6.59. The van der Waals surface area contributed by atoms with Crippen LogP contribution in [0.3, 0.4) is 0 Å². The molecular formula is C14H9Br2N3O. The van der Waals surface area contributed by atoms with Crippen molar-refractivity contribution in [1.29, 1.82) is 5.26 Å². The topological polar surface area (TPSA) is 78.9 Å². The smallest absolute Gasteiger partial charge is 0.257 e. The van der Waals surface area contributed by atoms with Gasteiger partial charge in [-0.25, -0.2) is 0 Å². The van der Waals surface area contributed by atoms with Gasteiger partial charge in [-0.15, -0.1) is 0 Å². The van der Waals surface area contributed by atoms with Crippen molar-refractivity contribution in [3.63, 3.8) is 0 Å². The quantitative estimate of drug-likeness (QED) is 0.757. The van der Waals surface area contributed by atoms with Gasteiger partial charge in [0, 0.05) is 14.6 Å². The number of nitrogens with zero attached hydrogens (tertiary/aromatic N) is 1. The molecule has 0 fully saturated rings. The van der Waals surface area contributed by atoms with Crippen molar-refractivity contribution in [3.8, 4) is 6.07 Å². The number of anilines is 2. The molecule has 0 unspecified atom stereocenters. The molecule has 1 amide bonds. The van der Waals surface area contributed by atoms with Crippen molar-refractivity contribution in [1.82, 2.24) is 0 Å². The molecule has 0 aliphatic heterocycles. The maximum Gasteiger partial charge on any atom is 0.257 e. The molecule has 0 saturated heterocycles. The van der Waals surface area contributed by atoms with E-state index in [0.717, 1.165) is 8.95 Å². The Morgan fingerprint density at radius 1 is 1.15 bits per heavy atom. The summed E-state index contributed by atoms with van der Waals surface area (Å²) in [6, 6.07) is 12.1. The van der Waals surface area contributed by atoms with Crippen molar-refractivity contribution >= 4 is 49.1 Å². The van der Waals surface area contributed by atoms with Crippen LogP contribution < -0.4 is 11.1 Å². The summed E-state index contributed by atoms with van der Waals surface area (Å²) in [5.74, 6) is -0.357. The van der Waals surface area contributed by atoms with Crippen molar-refractivity contribution in [2.45, 2.75) is 0 Å². The molecule has 0 aliphatic carbocycles. The number of nitrogens with one attached hydrogen (secondary N) is 1. The number of halogens is 2. The van der Waals surface area contributed by atoms with E-state index in [1.807, 2.05) is 6.07 Å². The standard InChI is InChI=1S/C14H9Br2N3O/c15-9-3-4-11(12(18)5-9)14(20)19-13-6-10(16)2-1-8(13)7-17/h1-6H,18H2,(H,19,20). The lowest BCUT2D eigenvalue weighted by Gasteiger charge is -2.09. The van der Waals surface area contributed by atoms with Gasteiger partial charge < -0.3 is 11.1 Å². The van der Waals surface area contributed by atoms with E-state index in [1.165, 1.54) is 0 Å². The summed E-state index contributed by atoms with van der Waals surface area (Å²) in [4.78, 5) is 12.2. The molecule has 0 radical (unpaired) electrons. The number of nitriles is 1. The van der Waals surface area contributed by atoms with E-state index < -0.39 is 0 Å². The van der Waals surface area contributed by atoms with Gasteiger partial charge in [0.2, 0.25) is 0 Å². The minimum atomic E-state index is -0.357. The van der Waals surface area contributed by atoms with Crippen LogP contribution in [0.1, 0.15) is 15.9 Å². The number of hydrogen-bond donors (Lipinski definition) is 2. The van der Waals surface area contributed by atoms with Crippen molar-refractivity contribution in [2.24, 2.45) is 0 Å². The molecule has 0 atom stereocenters. The van der Waals surface area contributed by atoms with Crippen LogP contribution >= 0.6 is 31.9 Å². The van der Waals surface area contributed by atoms with Gasteiger partial charge in [-0.1, -0.05) is 31.9 Å². The fourth-order valence-electron chi connectivity index (χ4n) is 1.65. The summed E-state index contributed by atoms with van der Waals surface area (Å²) < 4.78 is 1.57. The Kier molecular flexibility index (Phi) is 4.42. The number of nitrogen functional groups attached to an aromatic ring is 1. The molecule has 20 heavy (non-hydrogen) atoms. The molecule has 0 bridgehead atoms. The lowest BCUT2D eigenvalue weighted by Crippen LogP contribution is -2.14. The number of carbonyl (C=O) groups is 1. The zero-order chi connectivity index (χ0) is 14.7. The Labute approximate surface area is 132 Å². The Balaban J connectivity index is 2.33. The van der Waals surface area contributed by atoms with E-state index in [4.69, 9.17) is 11.0 Å². The molecule has 0 heterocycles. The summed E-state index contributed by atoms with van der Waals surface area (Å²) in [5, 5.41) is 11.7. The molecule has 3 N–H and O–H groups in total. The molecule has 0 aliphatic rings. The highest BCUT2D eigenvalue weighted by Crippen LogP contribution is 2.23. The fourth-order valence-corrected chi connectivity index (χ4v) is 2.39. The SMILES string of the molecule is N#Cc1ccc(Br)cc1NC(=O)c1ccc(Br)cc1N. The Morgan fingerprint density at radius 3 is 2.45 bits per heavy atom. The predicted octanol–water partition coefficient (Wildman–Crippen LogP) is 3.92. The summed E-state index contributed by atoms with van der Waals surface area (Å²) in [7, 11) is 0. The van der Waals surface area contributed by atoms with Gasteiger partial charge in [0.25, 0.3) is 5.91 Å². The van der Waals surface area contributed by atoms with Gasteiger partial charge >= 0.3 is 0 Å². The lowest BCUT2D eigenvalue weighted by atomic mass is 10.1. The van der Waals surface area contributed by atoms with E-state index >= 15 is 0 Å². The van der Waals surface area contributed by atoms with Crippen molar-refractivity contribution in [2.75, 3.05) is 11.1 Å². The molecule has 6 heteroatoms. The minimum absolute atomic E-state index is 0.357. The lowest BCUT2D eigenvalue weighted by molar-refractivity contribution is 0.102. The third-order valence-corrected chi connectivity index (χ3v) is 3.60. The third kappa shape index (κ3) is 3.18. The Bertz CT molecular complexity index is 723. The predicted molar refractivity (Wildman–Crippen MR) is 85.4 cm³/mol. The second-order valence-electron chi connectivity index (χ2n) is 3.99. The number of hydrogen-bond acceptors (Lipinski definition) is 3. The normalized spacial score (nSPS) is 9.85. The number of nitrogens with two attached hydrogens (primary N) is 1. The first-order chi connectivity index (χ1) is 9.51. The van der Waals surface area contributed by atoms with Gasteiger partial charge in [-0.05, 0) is 36.4 Å². The molecular weight excluding hydrogens is 386 g/mol.